The van der Waals surface area contributed by atoms with E-state index in [9.17, 15) is 13.2 Å². The van der Waals surface area contributed by atoms with Crippen LogP contribution in [0.2, 0.25) is 0 Å². The number of pyridine rings is 1. The van der Waals surface area contributed by atoms with Crippen molar-refractivity contribution >= 4 is 15.7 Å². The van der Waals surface area contributed by atoms with Crippen LogP contribution >= 0.6 is 0 Å². The number of ether oxygens (including phenoxy) is 2. The van der Waals surface area contributed by atoms with Crippen LogP contribution in [0.15, 0.2) is 77.8 Å². The van der Waals surface area contributed by atoms with Crippen molar-refractivity contribution in [2.75, 3.05) is 19.8 Å². The quantitative estimate of drug-likeness (QED) is 0.264. The van der Waals surface area contributed by atoms with Crippen LogP contribution in [0.1, 0.15) is 24.8 Å². The van der Waals surface area contributed by atoms with Crippen molar-refractivity contribution < 1.29 is 27.9 Å². The van der Waals surface area contributed by atoms with Crippen molar-refractivity contribution in [3.63, 3.8) is 0 Å². The van der Waals surface area contributed by atoms with E-state index in [1.165, 1.54) is 23.2 Å². The topological polar surface area (TPSA) is 115 Å². The molecule has 2 N–H and O–H groups in total. The van der Waals surface area contributed by atoms with E-state index in [2.05, 4.69) is 17.1 Å². The Bertz CT molecular complexity index is 1240. The molecule has 0 spiro atoms. The molecule has 0 saturated carbocycles. The Morgan fingerprint density at radius 2 is 1.83 bits per heavy atom. The van der Waals surface area contributed by atoms with Gasteiger partial charge in [0.25, 0.3) is 5.91 Å². The van der Waals surface area contributed by atoms with Gasteiger partial charge in [0, 0.05) is 25.0 Å². The molecule has 9 heteroatoms. The number of hydrogen-bond donors (Lipinski definition) is 2. The van der Waals surface area contributed by atoms with Gasteiger partial charge in [0.2, 0.25) is 0 Å². The van der Waals surface area contributed by atoms with Gasteiger partial charge >= 0.3 is 0 Å². The largest absolute Gasteiger partial charge is 0.494 e. The third kappa shape index (κ3) is 5.37. The minimum absolute atomic E-state index is 0.00156. The third-order valence-electron chi connectivity index (χ3n) is 6.23. The van der Waals surface area contributed by atoms with Crippen molar-refractivity contribution in [2.45, 2.75) is 35.3 Å². The number of amides is 1. The second-order valence-corrected chi connectivity index (χ2v) is 10.6. The van der Waals surface area contributed by atoms with Gasteiger partial charge < -0.3 is 9.47 Å². The number of aromatic nitrogens is 1. The van der Waals surface area contributed by atoms with Crippen molar-refractivity contribution in [3.05, 3.63) is 78.5 Å². The van der Waals surface area contributed by atoms with E-state index in [0.29, 0.717) is 12.4 Å². The van der Waals surface area contributed by atoms with Crippen LogP contribution in [0, 0.1) is 0 Å². The van der Waals surface area contributed by atoms with Gasteiger partial charge in [-0.3, -0.25) is 15.0 Å². The Kier molecular flexibility index (Phi) is 7.80. The maximum atomic E-state index is 13.3. The SMILES string of the molecule is O=C(NO)C1(S(=O)(=O)c2ccc(OCCCc3cccc(-c4ccccn4)c3)cc2)CCOCC1. The highest BCUT2D eigenvalue weighted by molar-refractivity contribution is 7.93. The van der Waals surface area contributed by atoms with E-state index in [1.807, 2.05) is 30.3 Å². The third-order valence-corrected chi connectivity index (χ3v) is 8.75. The molecule has 0 aliphatic carbocycles. The number of hydroxylamine groups is 1. The highest BCUT2D eigenvalue weighted by Crippen LogP contribution is 2.35. The highest BCUT2D eigenvalue weighted by atomic mass is 32.2. The van der Waals surface area contributed by atoms with Crippen LogP contribution in [-0.4, -0.2) is 49.1 Å². The fourth-order valence-corrected chi connectivity index (χ4v) is 6.19. The zero-order valence-electron chi connectivity index (χ0n) is 19.2. The van der Waals surface area contributed by atoms with Crippen LogP contribution in [0.3, 0.4) is 0 Å². The van der Waals surface area contributed by atoms with Gasteiger partial charge in [0.1, 0.15) is 5.75 Å². The molecule has 1 aliphatic rings. The summed E-state index contributed by atoms with van der Waals surface area (Å²) < 4.78 is 35.9. The summed E-state index contributed by atoms with van der Waals surface area (Å²) in [6.45, 7) is 0.714. The summed E-state index contributed by atoms with van der Waals surface area (Å²) in [6.07, 6.45) is 3.33. The predicted octanol–water partition coefficient (Wildman–Crippen LogP) is 3.59. The Balaban J connectivity index is 1.36. The summed E-state index contributed by atoms with van der Waals surface area (Å²) in [4.78, 5) is 16.7. The molecule has 1 amide bonds. The zero-order chi connectivity index (χ0) is 24.7. The molecule has 1 aliphatic heterocycles. The Morgan fingerprint density at radius 1 is 1.06 bits per heavy atom. The second kappa shape index (κ2) is 11.0. The van der Waals surface area contributed by atoms with Crippen LogP contribution < -0.4 is 10.2 Å². The Morgan fingerprint density at radius 3 is 2.51 bits per heavy atom. The maximum Gasteiger partial charge on any atom is 0.265 e. The van der Waals surface area contributed by atoms with Gasteiger partial charge in [-0.05, 0) is 73.7 Å². The molecule has 0 radical (unpaired) electrons. The van der Waals surface area contributed by atoms with E-state index in [4.69, 9.17) is 14.7 Å². The van der Waals surface area contributed by atoms with E-state index in [-0.39, 0.29) is 31.0 Å². The molecule has 3 aromatic rings. The molecule has 0 atom stereocenters. The van der Waals surface area contributed by atoms with E-state index in [1.54, 1.807) is 18.3 Å². The van der Waals surface area contributed by atoms with Crippen LogP contribution in [0.5, 0.6) is 5.75 Å². The van der Waals surface area contributed by atoms with Gasteiger partial charge in [-0.25, -0.2) is 13.9 Å². The predicted molar refractivity (Wildman–Crippen MR) is 130 cm³/mol. The highest BCUT2D eigenvalue weighted by Gasteiger charge is 2.52. The molecule has 0 bridgehead atoms. The van der Waals surface area contributed by atoms with Gasteiger partial charge in [-0.1, -0.05) is 24.3 Å². The van der Waals surface area contributed by atoms with Crippen molar-refractivity contribution in [1.82, 2.24) is 10.5 Å². The lowest BCUT2D eigenvalue weighted by molar-refractivity contribution is -0.134. The molecule has 4 rings (SSSR count). The first-order valence-electron chi connectivity index (χ1n) is 11.5. The number of rotatable bonds is 9. The standard InChI is InChI=1S/C26H28N2O6S/c29-25(28-30)26(13-17-33-18-14-26)35(31,32)23-11-9-22(10-12-23)34-16-4-6-20-5-3-7-21(19-20)24-8-1-2-15-27-24/h1-3,5,7-12,15,19,30H,4,6,13-14,16-18H2,(H,28,29). The first-order valence-corrected chi connectivity index (χ1v) is 12.9. The molecule has 35 heavy (non-hydrogen) atoms. The smallest absolute Gasteiger partial charge is 0.265 e. The average molecular weight is 497 g/mol. The molecule has 184 valence electrons. The fourth-order valence-electron chi connectivity index (χ4n) is 4.25. The summed E-state index contributed by atoms with van der Waals surface area (Å²) in [7, 11) is -4.05. The first kappa shape index (κ1) is 24.8. The summed E-state index contributed by atoms with van der Waals surface area (Å²) in [5, 5.41) is 9.15. The van der Waals surface area contributed by atoms with E-state index < -0.39 is 20.5 Å². The number of nitrogens with zero attached hydrogens (tertiary/aromatic N) is 1. The number of hydrogen-bond acceptors (Lipinski definition) is 7. The number of carbonyl (C=O) groups is 1. The molecule has 8 nitrogen and oxygen atoms in total. The number of aryl methyl sites for hydroxylation is 1. The molecule has 2 heterocycles. The molecule has 0 unspecified atom stereocenters. The molecule has 1 saturated heterocycles. The first-order chi connectivity index (χ1) is 17.0. The van der Waals surface area contributed by atoms with Crippen LogP contribution in [0.4, 0.5) is 0 Å². The lowest BCUT2D eigenvalue weighted by atomic mass is 9.98. The van der Waals surface area contributed by atoms with Gasteiger partial charge in [-0.15, -0.1) is 0 Å². The molecular weight excluding hydrogens is 468 g/mol. The van der Waals surface area contributed by atoms with Gasteiger partial charge in [-0.2, -0.15) is 0 Å². The Labute approximate surface area is 204 Å². The molecular formula is C26H28N2O6S. The monoisotopic (exact) mass is 496 g/mol. The van der Waals surface area contributed by atoms with Crippen molar-refractivity contribution in [2.24, 2.45) is 0 Å². The van der Waals surface area contributed by atoms with Crippen molar-refractivity contribution in [3.8, 4) is 17.0 Å². The minimum atomic E-state index is -4.05. The van der Waals surface area contributed by atoms with Crippen molar-refractivity contribution in [1.29, 1.82) is 0 Å². The number of nitrogens with one attached hydrogen (secondary N) is 1. The minimum Gasteiger partial charge on any atom is -0.494 e. The fraction of sp³-hybridized carbons (Fsp3) is 0.308. The second-order valence-electron chi connectivity index (χ2n) is 8.39. The molecule has 1 fully saturated rings. The average Bonchev–Trinajstić information content (AvgIpc) is 2.92. The summed E-state index contributed by atoms with van der Waals surface area (Å²) >= 11 is 0. The Hall–Kier alpha value is -3.27. The summed E-state index contributed by atoms with van der Waals surface area (Å²) in [5.41, 5.74) is 4.70. The molecule has 2 aromatic carbocycles. The van der Waals surface area contributed by atoms with Crippen LogP contribution in [-0.2, 0) is 25.8 Å². The van der Waals surface area contributed by atoms with Gasteiger partial charge in [0.15, 0.2) is 14.6 Å². The summed E-state index contributed by atoms with van der Waals surface area (Å²) in [5.74, 6) is -0.396. The van der Waals surface area contributed by atoms with E-state index >= 15 is 0 Å². The van der Waals surface area contributed by atoms with Gasteiger partial charge in [0.05, 0.1) is 17.2 Å². The summed E-state index contributed by atoms with van der Waals surface area (Å²) in [6, 6.07) is 20.1. The number of carbonyl (C=O) groups excluding carboxylic acids is 1. The number of benzene rings is 2. The normalized spacial score (nSPS) is 15.3. The van der Waals surface area contributed by atoms with E-state index in [0.717, 1.165) is 24.1 Å². The zero-order valence-corrected chi connectivity index (χ0v) is 20.0. The molecule has 1 aromatic heterocycles. The lowest BCUT2D eigenvalue weighted by Gasteiger charge is -2.34. The maximum absolute atomic E-state index is 13.3. The number of sulfone groups is 1. The van der Waals surface area contributed by atoms with Crippen LogP contribution in [0.25, 0.3) is 11.3 Å². The lowest BCUT2D eigenvalue weighted by Crippen LogP contribution is -2.54.